The van der Waals surface area contributed by atoms with Gasteiger partial charge < -0.3 is 14.4 Å². The average Bonchev–Trinajstić information content (AvgIpc) is 2.74. The van der Waals surface area contributed by atoms with Crippen molar-refractivity contribution in [1.29, 1.82) is 0 Å². The fourth-order valence-corrected chi connectivity index (χ4v) is 4.54. The van der Waals surface area contributed by atoms with Gasteiger partial charge in [0.2, 0.25) is 10.0 Å². The normalized spacial score (nSPS) is 11.6. The zero-order valence-corrected chi connectivity index (χ0v) is 18.7. The zero-order valence-electron chi connectivity index (χ0n) is 17.8. The van der Waals surface area contributed by atoms with Crippen molar-refractivity contribution in [1.82, 2.24) is 9.21 Å². The second kappa shape index (κ2) is 10.5. The molecule has 7 nitrogen and oxygen atoms in total. The summed E-state index contributed by atoms with van der Waals surface area (Å²) in [5.74, 6) is -0.180. The van der Waals surface area contributed by atoms with Crippen molar-refractivity contribution >= 4 is 15.9 Å². The first-order valence-corrected chi connectivity index (χ1v) is 11.0. The summed E-state index contributed by atoms with van der Waals surface area (Å²) in [6, 6.07) is 10.1. The summed E-state index contributed by atoms with van der Waals surface area (Å²) in [6.07, 6.45) is 0. The van der Waals surface area contributed by atoms with Crippen molar-refractivity contribution in [3.05, 3.63) is 53.6 Å². The molecule has 0 aromatic heterocycles. The molecule has 1 amide bonds. The number of methoxy groups -OCH3 is 1. The second-order valence-corrected chi connectivity index (χ2v) is 8.57. The molecule has 10 heteroatoms. The standard InChI is InChI=1S/C21H26F2N2O5S/c1-5-25(6-2)31(27,28)17-11-12-19(29-4)18(13-17)20(26)24(3)14-15-7-9-16(10-8-15)30-21(22)23/h7-13,21H,5-6,14H2,1-4H3. The lowest BCUT2D eigenvalue weighted by Gasteiger charge is -2.21. The van der Waals surface area contributed by atoms with Gasteiger partial charge >= 0.3 is 6.61 Å². The van der Waals surface area contributed by atoms with Gasteiger partial charge in [0.25, 0.3) is 5.91 Å². The van der Waals surface area contributed by atoms with Gasteiger partial charge in [0.1, 0.15) is 11.5 Å². The van der Waals surface area contributed by atoms with Gasteiger partial charge in [-0.15, -0.1) is 0 Å². The number of halogens is 2. The molecule has 2 aromatic rings. The van der Waals surface area contributed by atoms with E-state index in [1.54, 1.807) is 33.0 Å². The number of hydrogen-bond donors (Lipinski definition) is 0. The number of carbonyl (C=O) groups excluding carboxylic acids is 1. The van der Waals surface area contributed by atoms with Crippen molar-refractivity contribution in [3.8, 4) is 11.5 Å². The lowest BCUT2D eigenvalue weighted by atomic mass is 10.1. The summed E-state index contributed by atoms with van der Waals surface area (Å²) in [6.45, 7) is 1.34. The number of rotatable bonds is 10. The van der Waals surface area contributed by atoms with Crippen LogP contribution in [-0.4, -0.2) is 57.4 Å². The Bertz CT molecular complexity index is 993. The molecule has 31 heavy (non-hydrogen) atoms. The van der Waals surface area contributed by atoms with Crippen molar-refractivity contribution < 1.29 is 31.5 Å². The third-order valence-corrected chi connectivity index (χ3v) is 6.71. The van der Waals surface area contributed by atoms with Crippen LogP contribution >= 0.6 is 0 Å². The van der Waals surface area contributed by atoms with Crippen molar-refractivity contribution in [3.63, 3.8) is 0 Å². The molecule has 0 heterocycles. The van der Waals surface area contributed by atoms with Crippen LogP contribution in [0.15, 0.2) is 47.4 Å². The lowest BCUT2D eigenvalue weighted by molar-refractivity contribution is -0.0498. The smallest absolute Gasteiger partial charge is 0.387 e. The molecule has 0 aliphatic carbocycles. The third kappa shape index (κ3) is 5.92. The fourth-order valence-electron chi connectivity index (χ4n) is 3.05. The molecule has 0 fully saturated rings. The minimum Gasteiger partial charge on any atom is -0.496 e. The molecule has 0 aliphatic rings. The molecule has 0 bridgehead atoms. The van der Waals surface area contributed by atoms with E-state index in [4.69, 9.17) is 4.74 Å². The minimum absolute atomic E-state index is 0.00208. The van der Waals surface area contributed by atoms with Gasteiger partial charge in [-0.2, -0.15) is 13.1 Å². The first kappa shape index (κ1) is 24.5. The van der Waals surface area contributed by atoms with Gasteiger partial charge in [-0.05, 0) is 35.9 Å². The summed E-state index contributed by atoms with van der Waals surface area (Å²) >= 11 is 0. The SMILES string of the molecule is CCN(CC)S(=O)(=O)c1ccc(OC)c(C(=O)N(C)Cc2ccc(OC(F)F)cc2)c1. The number of carbonyl (C=O) groups is 1. The maximum atomic E-state index is 13.0. The van der Waals surface area contributed by atoms with Crippen molar-refractivity contribution in [2.75, 3.05) is 27.2 Å². The maximum absolute atomic E-state index is 13.0. The molecule has 0 radical (unpaired) electrons. The van der Waals surface area contributed by atoms with E-state index in [0.717, 1.165) is 0 Å². The van der Waals surface area contributed by atoms with Crippen LogP contribution in [-0.2, 0) is 16.6 Å². The van der Waals surface area contributed by atoms with Gasteiger partial charge in [-0.1, -0.05) is 26.0 Å². The molecule has 0 N–H and O–H groups in total. The Hall–Kier alpha value is -2.72. The Balaban J connectivity index is 2.28. The Morgan fingerprint density at radius 1 is 1.06 bits per heavy atom. The molecule has 0 saturated carbocycles. The van der Waals surface area contributed by atoms with Crippen LogP contribution in [0.1, 0.15) is 29.8 Å². The predicted octanol–water partition coefficient (Wildman–Crippen LogP) is 3.60. The molecule has 0 aliphatic heterocycles. The topological polar surface area (TPSA) is 76.2 Å². The molecule has 2 aromatic carbocycles. The lowest BCUT2D eigenvalue weighted by Crippen LogP contribution is -2.31. The highest BCUT2D eigenvalue weighted by Crippen LogP contribution is 2.26. The monoisotopic (exact) mass is 456 g/mol. The van der Waals surface area contributed by atoms with Crippen molar-refractivity contribution in [2.24, 2.45) is 0 Å². The zero-order chi connectivity index (χ0) is 23.2. The number of alkyl halides is 2. The quantitative estimate of drug-likeness (QED) is 0.546. The predicted molar refractivity (Wildman–Crippen MR) is 112 cm³/mol. The summed E-state index contributed by atoms with van der Waals surface area (Å²) in [5, 5.41) is 0. The van der Waals surface area contributed by atoms with Gasteiger partial charge in [0.05, 0.1) is 17.6 Å². The molecule has 0 spiro atoms. The first-order chi connectivity index (χ1) is 14.6. The second-order valence-electron chi connectivity index (χ2n) is 6.64. The first-order valence-electron chi connectivity index (χ1n) is 9.61. The summed E-state index contributed by atoms with van der Waals surface area (Å²) in [5.41, 5.74) is 0.791. The summed E-state index contributed by atoms with van der Waals surface area (Å²) in [4.78, 5) is 14.4. The van der Waals surface area contributed by atoms with Crippen molar-refractivity contribution in [2.45, 2.75) is 31.9 Å². The van der Waals surface area contributed by atoms with Crippen LogP contribution in [0.4, 0.5) is 8.78 Å². The molecule has 170 valence electrons. The number of nitrogens with zero attached hydrogens (tertiary/aromatic N) is 2. The highest BCUT2D eigenvalue weighted by atomic mass is 32.2. The van der Waals surface area contributed by atoms with Crippen LogP contribution in [0.25, 0.3) is 0 Å². The number of benzene rings is 2. The Kier molecular flexibility index (Phi) is 8.35. The van der Waals surface area contributed by atoms with E-state index >= 15 is 0 Å². The fraction of sp³-hybridized carbons (Fsp3) is 0.381. The van der Waals surface area contributed by atoms with E-state index in [1.807, 2.05) is 0 Å². The largest absolute Gasteiger partial charge is 0.496 e. The molecule has 0 atom stereocenters. The van der Waals surface area contributed by atoms with Gasteiger partial charge in [-0.3, -0.25) is 4.79 Å². The third-order valence-electron chi connectivity index (χ3n) is 4.66. The summed E-state index contributed by atoms with van der Waals surface area (Å²) in [7, 11) is -0.802. The number of ether oxygens (including phenoxy) is 2. The van der Waals surface area contributed by atoms with E-state index in [9.17, 15) is 22.0 Å². The molecular formula is C21H26F2N2O5S. The Morgan fingerprint density at radius 3 is 2.19 bits per heavy atom. The van der Waals surface area contributed by atoms with Crippen LogP contribution in [0.2, 0.25) is 0 Å². The highest BCUT2D eigenvalue weighted by Gasteiger charge is 2.25. The Morgan fingerprint density at radius 2 is 1.68 bits per heavy atom. The van der Waals surface area contributed by atoms with E-state index in [2.05, 4.69) is 4.74 Å². The number of amides is 1. The molecule has 0 unspecified atom stereocenters. The van der Waals surface area contributed by atoms with Crippen LogP contribution < -0.4 is 9.47 Å². The van der Waals surface area contributed by atoms with Crippen LogP contribution in [0.5, 0.6) is 11.5 Å². The Labute approximate surface area is 181 Å². The van der Waals surface area contributed by atoms with Crippen LogP contribution in [0, 0.1) is 0 Å². The van der Waals surface area contributed by atoms with E-state index < -0.39 is 22.5 Å². The van der Waals surface area contributed by atoms with Crippen LogP contribution in [0.3, 0.4) is 0 Å². The minimum atomic E-state index is -3.75. The van der Waals surface area contributed by atoms with Gasteiger partial charge in [-0.25, -0.2) is 8.42 Å². The van der Waals surface area contributed by atoms with Gasteiger partial charge in [0.15, 0.2) is 0 Å². The number of hydrogen-bond acceptors (Lipinski definition) is 5. The van der Waals surface area contributed by atoms with E-state index in [0.29, 0.717) is 18.7 Å². The summed E-state index contributed by atoms with van der Waals surface area (Å²) < 4.78 is 61.1. The maximum Gasteiger partial charge on any atom is 0.387 e. The van der Waals surface area contributed by atoms with E-state index in [-0.39, 0.29) is 28.5 Å². The van der Waals surface area contributed by atoms with E-state index in [1.165, 1.54) is 46.6 Å². The average molecular weight is 457 g/mol. The molecular weight excluding hydrogens is 430 g/mol. The number of sulfonamides is 1. The molecule has 0 saturated heterocycles. The highest BCUT2D eigenvalue weighted by molar-refractivity contribution is 7.89. The molecule has 2 rings (SSSR count). The van der Waals surface area contributed by atoms with Gasteiger partial charge in [0, 0.05) is 26.7 Å².